The lowest BCUT2D eigenvalue weighted by Crippen LogP contribution is -2.20. The summed E-state index contributed by atoms with van der Waals surface area (Å²) in [6.45, 7) is 15.1. The third kappa shape index (κ3) is 9.04. The van der Waals surface area contributed by atoms with Crippen LogP contribution in [0.4, 0.5) is 0 Å². The molecule has 0 spiro atoms. The molecule has 0 radical (unpaired) electrons. The second-order valence-corrected chi connectivity index (χ2v) is 2.07. The van der Waals surface area contributed by atoms with Crippen molar-refractivity contribution < 1.29 is 4.79 Å². The normalized spacial score (nSPS) is 8.64. The molecule has 0 saturated carbocycles. The fourth-order valence-corrected chi connectivity index (χ4v) is 0.485. The maximum Gasteiger partial charge on any atom is 0.252 e. The van der Waals surface area contributed by atoms with Gasteiger partial charge in [0.25, 0.3) is 5.91 Å². The summed E-state index contributed by atoms with van der Waals surface area (Å²) < 4.78 is 0. The van der Waals surface area contributed by atoms with Gasteiger partial charge in [0.2, 0.25) is 0 Å². The Labute approximate surface area is 89.3 Å². The van der Waals surface area contributed by atoms with Crippen LogP contribution in [0.3, 0.4) is 0 Å². The number of hydrogen-bond donors (Lipinski definition) is 0. The summed E-state index contributed by atoms with van der Waals surface area (Å²) in [5.41, 5.74) is 0.738. The van der Waals surface area contributed by atoms with Crippen LogP contribution in [-0.4, -0.2) is 17.9 Å². The smallest absolute Gasteiger partial charge is 0.252 e. The maximum absolute atomic E-state index is 11.1. The Kier molecular flexibility index (Phi) is 19.3. The molecule has 2 nitrogen and oxygen atoms in total. The zero-order valence-electron chi connectivity index (χ0n) is 10.7. The first-order valence-corrected chi connectivity index (χ1v) is 5.16. The lowest BCUT2D eigenvalue weighted by Gasteiger charge is -2.10. The molecule has 0 saturated heterocycles. The van der Waals surface area contributed by atoms with Crippen LogP contribution in [-0.2, 0) is 4.79 Å². The first kappa shape index (κ1) is 18.7. The van der Waals surface area contributed by atoms with Crippen molar-refractivity contribution in [1.29, 1.82) is 0 Å². The molecule has 14 heavy (non-hydrogen) atoms. The molecule has 0 fully saturated rings. The van der Waals surface area contributed by atoms with E-state index < -0.39 is 0 Å². The second-order valence-electron chi connectivity index (χ2n) is 2.07. The molecule has 0 aromatic heterocycles. The zero-order chi connectivity index (χ0) is 12.1. The van der Waals surface area contributed by atoms with Gasteiger partial charge >= 0.3 is 0 Å². The quantitative estimate of drug-likeness (QED) is 0.622. The number of rotatable bonds is 2. The molecule has 2 heteroatoms. The lowest BCUT2D eigenvalue weighted by atomic mass is 10.2. The topological polar surface area (TPSA) is 20.3 Å². The van der Waals surface area contributed by atoms with Gasteiger partial charge < -0.3 is 4.90 Å². The van der Waals surface area contributed by atoms with Crippen molar-refractivity contribution in [1.82, 2.24) is 4.90 Å². The minimum absolute atomic E-state index is 0.00231. The Morgan fingerprint density at radius 1 is 1.21 bits per heavy atom. The van der Waals surface area contributed by atoms with Crippen molar-refractivity contribution >= 4 is 5.91 Å². The third-order valence-electron chi connectivity index (χ3n) is 1.36. The third-order valence-corrected chi connectivity index (χ3v) is 1.36. The number of likely N-dealkylation sites (N-methyl/N-ethyl adjacent to an activating group) is 1. The van der Waals surface area contributed by atoms with Crippen LogP contribution >= 0.6 is 0 Å². The van der Waals surface area contributed by atoms with Crippen LogP contribution < -0.4 is 0 Å². The molecule has 0 atom stereocenters. The minimum atomic E-state index is -0.00231. The summed E-state index contributed by atoms with van der Waals surface area (Å²) in [6.07, 6.45) is 3.28. The van der Waals surface area contributed by atoms with Crippen molar-refractivity contribution in [2.45, 2.75) is 41.5 Å². The Morgan fingerprint density at radius 3 is 1.79 bits per heavy atom. The molecule has 0 N–H and O–H groups in total. The van der Waals surface area contributed by atoms with Crippen LogP contribution in [0.15, 0.2) is 24.4 Å². The van der Waals surface area contributed by atoms with Gasteiger partial charge in [-0.15, -0.1) is 0 Å². The van der Waals surface area contributed by atoms with Crippen molar-refractivity contribution in [2.24, 2.45) is 0 Å². The highest BCUT2D eigenvalue weighted by Gasteiger charge is 2.04. The van der Waals surface area contributed by atoms with E-state index in [0.29, 0.717) is 0 Å². The number of amides is 1. The summed E-state index contributed by atoms with van der Waals surface area (Å²) in [5.74, 6) is -0.00231. The van der Waals surface area contributed by atoms with Gasteiger partial charge in [-0.2, -0.15) is 0 Å². The van der Waals surface area contributed by atoms with E-state index >= 15 is 0 Å². The van der Waals surface area contributed by atoms with Gasteiger partial charge in [0.1, 0.15) is 0 Å². The molecule has 0 rings (SSSR count). The Hall–Kier alpha value is -1.05. The molecule has 0 aromatic rings. The molecule has 0 aliphatic heterocycles. The second kappa shape index (κ2) is 14.5. The van der Waals surface area contributed by atoms with Crippen LogP contribution in [0.25, 0.3) is 0 Å². The highest BCUT2D eigenvalue weighted by molar-refractivity contribution is 5.93. The molecule has 1 amide bonds. The van der Waals surface area contributed by atoms with E-state index in [1.807, 2.05) is 34.6 Å². The minimum Gasteiger partial charge on any atom is -0.319 e. The molecule has 0 unspecified atom stereocenters. The number of carbonyl (C=O) groups is 1. The van der Waals surface area contributed by atoms with Crippen LogP contribution in [0.2, 0.25) is 0 Å². The molecule has 0 bridgehead atoms. The summed E-state index contributed by atoms with van der Waals surface area (Å²) >= 11 is 0. The van der Waals surface area contributed by atoms with E-state index in [1.165, 1.54) is 11.1 Å². The molecule has 0 heterocycles. The fourth-order valence-electron chi connectivity index (χ4n) is 0.485. The summed E-state index contributed by atoms with van der Waals surface area (Å²) in [5, 5.41) is 0. The van der Waals surface area contributed by atoms with E-state index in [9.17, 15) is 4.79 Å². The van der Waals surface area contributed by atoms with Gasteiger partial charge in [-0.05, 0) is 20.0 Å². The van der Waals surface area contributed by atoms with Gasteiger partial charge in [-0.1, -0.05) is 40.3 Å². The van der Waals surface area contributed by atoms with E-state index in [0.717, 1.165) is 5.57 Å². The number of carbonyl (C=O) groups excluding carboxylic acids is 1. The van der Waals surface area contributed by atoms with Gasteiger partial charge in [0.05, 0.1) is 0 Å². The first-order valence-electron chi connectivity index (χ1n) is 5.16. The molecular weight excluding hydrogens is 174 g/mol. The van der Waals surface area contributed by atoms with Crippen molar-refractivity contribution in [3.05, 3.63) is 24.4 Å². The van der Waals surface area contributed by atoms with Crippen LogP contribution in [0, 0.1) is 0 Å². The predicted molar refractivity (Wildman–Crippen MR) is 65.1 cm³/mol. The average Bonchev–Trinajstić information content (AvgIpc) is 2.31. The van der Waals surface area contributed by atoms with Gasteiger partial charge in [0.15, 0.2) is 0 Å². The molecule has 0 aliphatic carbocycles. The first-order chi connectivity index (χ1) is 6.63. The van der Waals surface area contributed by atoms with Crippen molar-refractivity contribution in [3.8, 4) is 0 Å². The lowest BCUT2D eigenvalue weighted by molar-refractivity contribution is -0.123. The molecule has 84 valence electrons. The SMILES string of the molecule is C=CN(C)C(=O)/C(C)=C\C.CC.CC. The number of nitrogens with zero attached hydrogens (tertiary/aromatic N) is 1. The Balaban J connectivity index is -0.000000266. The van der Waals surface area contributed by atoms with E-state index in [4.69, 9.17) is 0 Å². The number of hydrogen-bond acceptors (Lipinski definition) is 1. The van der Waals surface area contributed by atoms with Crippen LogP contribution in [0.5, 0.6) is 0 Å². The molecular formula is C12H25NO. The van der Waals surface area contributed by atoms with E-state index in [1.54, 1.807) is 20.0 Å². The maximum atomic E-state index is 11.1. The van der Waals surface area contributed by atoms with E-state index in [2.05, 4.69) is 6.58 Å². The largest absolute Gasteiger partial charge is 0.319 e. The summed E-state index contributed by atoms with van der Waals surface area (Å²) in [4.78, 5) is 12.5. The highest BCUT2D eigenvalue weighted by atomic mass is 16.2. The fraction of sp³-hybridized carbons (Fsp3) is 0.583. The predicted octanol–water partition coefficient (Wildman–Crippen LogP) is 3.61. The Bertz CT molecular complexity index is 171. The highest BCUT2D eigenvalue weighted by Crippen LogP contribution is 1.97. The zero-order valence-corrected chi connectivity index (χ0v) is 10.7. The van der Waals surface area contributed by atoms with Gasteiger partial charge in [0, 0.05) is 12.6 Å². The monoisotopic (exact) mass is 199 g/mol. The molecule has 0 aliphatic rings. The van der Waals surface area contributed by atoms with Crippen LogP contribution in [0.1, 0.15) is 41.5 Å². The standard InChI is InChI=1S/C8H13NO.2C2H6/c1-5-7(3)8(10)9(4)6-2;2*1-2/h5-6H,2H2,1,3-4H3;2*1-2H3/b7-5-;;. The summed E-state index contributed by atoms with van der Waals surface area (Å²) in [6, 6.07) is 0. The van der Waals surface area contributed by atoms with E-state index in [-0.39, 0.29) is 5.91 Å². The Morgan fingerprint density at radius 2 is 1.57 bits per heavy atom. The number of allylic oxidation sites excluding steroid dienone is 1. The molecule has 0 aromatic carbocycles. The van der Waals surface area contributed by atoms with Gasteiger partial charge in [-0.3, -0.25) is 4.79 Å². The summed E-state index contributed by atoms with van der Waals surface area (Å²) in [7, 11) is 1.68. The van der Waals surface area contributed by atoms with Crippen molar-refractivity contribution in [3.63, 3.8) is 0 Å². The average molecular weight is 199 g/mol. The van der Waals surface area contributed by atoms with Gasteiger partial charge in [-0.25, -0.2) is 0 Å². The van der Waals surface area contributed by atoms with Crippen molar-refractivity contribution in [2.75, 3.05) is 7.05 Å².